The van der Waals surface area contributed by atoms with Crippen molar-refractivity contribution in [1.82, 2.24) is 0 Å². The number of ketones is 1. The Hall–Kier alpha value is -2.10. The van der Waals surface area contributed by atoms with Gasteiger partial charge in [0.15, 0.2) is 17.4 Å². The molecular formula is C13H7F3O. The molecule has 0 aliphatic heterocycles. The molecule has 2 aromatic rings. The monoisotopic (exact) mass is 236 g/mol. The van der Waals surface area contributed by atoms with Crippen molar-refractivity contribution in [1.29, 1.82) is 0 Å². The summed E-state index contributed by atoms with van der Waals surface area (Å²) in [6, 6.07) is 7.98. The van der Waals surface area contributed by atoms with Gasteiger partial charge in [-0.1, -0.05) is 6.07 Å². The van der Waals surface area contributed by atoms with E-state index in [-0.39, 0.29) is 11.1 Å². The van der Waals surface area contributed by atoms with Gasteiger partial charge in [-0.25, -0.2) is 13.2 Å². The maximum atomic E-state index is 13.3. The lowest BCUT2D eigenvalue weighted by molar-refractivity contribution is 0.103. The Morgan fingerprint density at radius 1 is 0.882 bits per heavy atom. The van der Waals surface area contributed by atoms with E-state index < -0.39 is 23.2 Å². The highest BCUT2D eigenvalue weighted by Gasteiger charge is 2.16. The maximum absolute atomic E-state index is 13.3. The Morgan fingerprint density at radius 3 is 2.18 bits per heavy atom. The molecule has 0 saturated carbocycles. The van der Waals surface area contributed by atoms with Crippen LogP contribution in [0.1, 0.15) is 15.9 Å². The number of hydrogen-bond donors (Lipinski definition) is 0. The zero-order chi connectivity index (χ0) is 12.4. The van der Waals surface area contributed by atoms with Gasteiger partial charge >= 0.3 is 0 Å². The third-order valence-electron chi connectivity index (χ3n) is 2.30. The van der Waals surface area contributed by atoms with Crippen LogP contribution in [-0.4, -0.2) is 5.78 Å². The van der Waals surface area contributed by atoms with Crippen molar-refractivity contribution in [3.8, 4) is 0 Å². The van der Waals surface area contributed by atoms with E-state index in [1.165, 1.54) is 24.3 Å². The quantitative estimate of drug-likeness (QED) is 0.731. The molecule has 2 rings (SSSR count). The number of carbonyl (C=O) groups is 1. The van der Waals surface area contributed by atoms with Crippen molar-refractivity contribution < 1.29 is 18.0 Å². The molecule has 0 fully saturated rings. The number of halogens is 3. The van der Waals surface area contributed by atoms with E-state index in [4.69, 9.17) is 0 Å². The fourth-order valence-corrected chi connectivity index (χ4v) is 1.44. The molecule has 0 atom stereocenters. The summed E-state index contributed by atoms with van der Waals surface area (Å²) in [5.74, 6) is -3.46. The van der Waals surface area contributed by atoms with Crippen LogP contribution < -0.4 is 0 Å². The van der Waals surface area contributed by atoms with Gasteiger partial charge in [0, 0.05) is 5.56 Å². The first-order chi connectivity index (χ1) is 8.09. The molecule has 0 bridgehead atoms. The second-order valence-electron chi connectivity index (χ2n) is 3.44. The molecule has 0 aromatic heterocycles. The van der Waals surface area contributed by atoms with Gasteiger partial charge in [-0.05, 0) is 36.4 Å². The van der Waals surface area contributed by atoms with Gasteiger partial charge in [-0.2, -0.15) is 0 Å². The molecule has 4 heteroatoms. The summed E-state index contributed by atoms with van der Waals surface area (Å²) in [7, 11) is 0. The van der Waals surface area contributed by atoms with Gasteiger partial charge in [-0.15, -0.1) is 0 Å². The lowest BCUT2D eigenvalue weighted by Crippen LogP contribution is -2.05. The largest absolute Gasteiger partial charge is 0.288 e. The fourth-order valence-electron chi connectivity index (χ4n) is 1.44. The highest BCUT2D eigenvalue weighted by molar-refractivity contribution is 6.09. The molecular weight excluding hydrogens is 229 g/mol. The van der Waals surface area contributed by atoms with E-state index in [0.717, 1.165) is 18.2 Å². The normalized spacial score (nSPS) is 10.3. The molecule has 1 nitrogen and oxygen atoms in total. The van der Waals surface area contributed by atoms with Crippen LogP contribution in [0.3, 0.4) is 0 Å². The van der Waals surface area contributed by atoms with Gasteiger partial charge in [0.05, 0.1) is 5.56 Å². The van der Waals surface area contributed by atoms with E-state index in [1.54, 1.807) is 0 Å². The van der Waals surface area contributed by atoms with Gasteiger partial charge in [0.2, 0.25) is 0 Å². The van der Waals surface area contributed by atoms with Gasteiger partial charge < -0.3 is 0 Å². The molecule has 0 saturated heterocycles. The third kappa shape index (κ3) is 2.20. The highest BCUT2D eigenvalue weighted by atomic mass is 19.2. The minimum Gasteiger partial charge on any atom is -0.288 e. The van der Waals surface area contributed by atoms with E-state index in [1.807, 2.05) is 0 Å². The molecule has 0 spiro atoms. The van der Waals surface area contributed by atoms with Crippen molar-refractivity contribution in [2.45, 2.75) is 0 Å². The lowest BCUT2D eigenvalue weighted by atomic mass is 10.0. The lowest BCUT2D eigenvalue weighted by Gasteiger charge is -2.03. The van der Waals surface area contributed by atoms with E-state index in [9.17, 15) is 18.0 Å². The molecule has 0 amide bonds. The van der Waals surface area contributed by atoms with Crippen LogP contribution in [-0.2, 0) is 0 Å². The number of rotatable bonds is 2. The molecule has 0 N–H and O–H groups in total. The summed E-state index contributed by atoms with van der Waals surface area (Å²) in [6.07, 6.45) is 0. The van der Waals surface area contributed by atoms with Crippen LogP contribution in [0.15, 0.2) is 42.5 Å². The van der Waals surface area contributed by atoms with Crippen LogP contribution >= 0.6 is 0 Å². The molecule has 0 unspecified atom stereocenters. The summed E-state index contributed by atoms with van der Waals surface area (Å²) in [4.78, 5) is 11.8. The second-order valence-corrected chi connectivity index (χ2v) is 3.44. The second kappa shape index (κ2) is 4.41. The minimum absolute atomic E-state index is 0.107. The Kier molecular flexibility index (Phi) is 2.95. The first kappa shape index (κ1) is 11.4. The highest BCUT2D eigenvalue weighted by Crippen LogP contribution is 2.16. The summed E-state index contributed by atoms with van der Waals surface area (Å²) in [5, 5.41) is 0. The first-order valence-corrected chi connectivity index (χ1v) is 4.84. The maximum Gasteiger partial charge on any atom is 0.196 e. The topological polar surface area (TPSA) is 17.1 Å². The average molecular weight is 236 g/mol. The summed E-state index contributed by atoms with van der Waals surface area (Å²) in [6.45, 7) is 0. The molecule has 0 heterocycles. The molecule has 86 valence electrons. The predicted molar refractivity (Wildman–Crippen MR) is 56.2 cm³/mol. The number of carbonyl (C=O) groups excluding carboxylic acids is 1. The smallest absolute Gasteiger partial charge is 0.196 e. The molecule has 0 aliphatic rings. The van der Waals surface area contributed by atoms with Gasteiger partial charge in [0.1, 0.15) is 5.82 Å². The van der Waals surface area contributed by atoms with Crippen LogP contribution in [0.2, 0.25) is 0 Å². The van der Waals surface area contributed by atoms with Crippen LogP contribution in [0.5, 0.6) is 0 Å². The molecule has 0 radical (unpaired) electrons. The number of benzene rings is 2. The molecule has 0 aliphatic carbocycles. The van der Waals surface area contributed by atoms with E-state index in [2.05, 4.69) is 0 Å². The fraction of sp³-hybridized carbons (Fsp3) is 0. The van der Waals surface area contributed by atoms with Crippen molar-refractivity contribution in [3.63, 3.8) is 0 Å². The van der Waals surface area contributed by atoms with E-state index >= 15 is 0 Å². The van der Waals surface area contributed by atoms with E-state index in [0.29, 0.717) is 0 Å². The van der Waals surface area contributed by atoms with Crippen molar-refractivity contribution in [3.05, 3.63) is 71.0 Å². The minimum atomic E-state index is -1.19. The predicted octanol–water partition coefficient (Wildman–Crippen LogP) is 3.33. The Bertz CT molecular complexity index is 561. The summed E-state index contributed by atoms with van der Waals surface area (Å²) >= 11 is 0. The van der Waals surface area contributed by atoms with Crippen molar-refractivity contribution in [2.75, 3.05) is 0 Å². The SMILES string of the molecule is O=C(c1ccc(F)cc1)c1cccc(F)c1F. The zero-order valence-corrected chi connectivity index (χ0v) is 8.58. The average Bonchev–Trinajstić information content (AvgIpc) is 2.33. The summed E-state index contributed by atoms with van der Waals surface area (Å²) in [5.41, 5.74) is -0.257. The Morgan fingerprint density at radius 2 is 1.53 bits per heavy atom. The van der Waals surface area contributed by atoms with Crippen molar-refractivity contribution in [2.24, 2.45) is 0 Å². The number of hydrogen-bond acceptors (Lipinski definition) is 1. The first-order valence-electron chi connectivity index (χ1n) is 4.84. The van der Waals surface area contributed by atoms with Crippen molar-refractivity contribution >= 4 is 5.78 Å². The molecule has 2 aromatic carbocycles. The standard InChI is InChI=1S/C13H7F3O/c14-9-6-4-8(5-7-9)13(17)10-2-1-3-11(15)12(10)16/h1-7H. The Balaban J connectivity index is 2.44. The van der Waals surface area contributed by atoms with Gasteiger partial charge in [-0.3, -0.25) is 4.79 Å². The molecule has 17 heavy (non-hydrogen) atoms. The Labute approximate surface area is 95.5 Å². The third-order valence-corrected chi connectivity index (χ3v) is 2.30. The van der Waals surface area contributed by atoms with Crippen LogP contribution in [0.4, 0.5) is 13.2 Å². The van der Waals surface area contributed by atoms with Crippen LogP contribution in [0, 0.1) is 17.5 Å². The van der Waals surface area contributed by atoms with Crippen LogP contribution in [0.25, 0.3) is 0 Å². The zero-order valence-electron chi connectivity index (χ0n) is 8.58. The summed E-state index contributed by atoms with van der Waals surface area (Å²) < 4.78 is 38.9. The van der Waals surface area contributed by atoms with Gasteiger partial charge in [0.25, 0.3) is 0 Å².